The van der Waals surface area contributed by atoms with E-state index < -0.39 is 29.9 Å². The van der Waals surface area contributed by atoms with Crippen molar-refractivity contribution in [3.05, 3.63) is 42.1 Å². The maximum absolute atomic E-state index is 13.8. The Morgan fingerprint density at radius 1 is 0.939 bits per heavy atom. The van der Waals surface area contributed by atoms with Crippen LogP contribution in [0.4, 0.5) is 10.6 Å². The Balaban J connectivity index is 1.47. The van der Waals surface area contributed by atoms with Crippen molar-refractivity contribution >= 4 is 29.7 Å². The molecule has 4 rings (SSSR count). The van der Waals surface area contributed by atoms with E-state index in [9.17, 15) is 24.3 Å². The van der Waals surface area contributed by atoms with E-state index in [0.717, 1.165) is 70.4 Å². The highest BCUT2D eigenvalue weighted by Crippen LogP contribution is 2.26. The quantitative estimate of drug-likeness (QED) is 0.248. The first kappa shape index (κ1) is 37.6. The molecule has 3 heterocycles. The second-order valence-electron chi connectivity index (χ2n) is 12.8. The number of nitrogens with one attached hydrogen (secondary N) is 1. The number of ether oxygens (including phenoxy) is 1. The Morgan fingerprint density at radius 3 is 2.24 bits per heavy atom. The zero-order valence-corrected chi connectivity index (χ0v) is 29.3. The van der Waals surface area contributed by atoms with Gasteiger partial charge >= 0.3 is 12.1 Å². The topological polar surface area (TPSA) is 149 Å². The minimum absolute atomic E-state index is 0.0802. The summed E-state index contributed by atoms with van der Waals surface area (Å²) in [6.07, 6.45) is 4.06. The van der Waals surface area contributed by atoms with Gasteiger partial charge in [-0.25, -0.2) is 14.8 Å². The van der Waals surface area contributed by atoms with Crippen molar-refractivity contribution in [3.63, 3.8) is 0 Å². The van der Waals surface area contributed by atoms with Crippen LogP contribution in [0.25, 0.3) is 11.4 Å². The highest BCUT2D eigenvalue weighted by Gasteiger charge is 2.32. The molecule has 0 radical (unpaired) electrons. The van der Waals surface area contributed by atoms with Gasteiger partial charge in [-0.1, -0.05) is 63.9 Å². The molecule has 2 fully saturated rings. The minimum Gasteiger partial charge on any atom is -0.481 e. The number of unbranched alkanes of at least 4 members (excludes halogenated alkanes) is 2. The SMILES string of the molecule is CCCCCOC(=O)N1CCN(C(=O)[C@H](CCC(=O)O)NC(=O)c2cc(N3CCC(CN(CC)CC)CC3)nc(-c3ccccc3)n2)CC1. The molecule has 268 valence electrons. The molecule has 0 spiro atoms. The molecular weight excluding hydrogens is 626 g/mol. The van der Waals surface area contributed by atoms with E-state index in [1.165, 1.54) is 0 Å². The molecule has 49 heavy (non-hydrogen) atoms. The van der Waals surface area contributed by atoms with Crippen molar-refractivity contribution in [2.75, 3.05) is 70.4 Å². The largest absolute Gasteiger partial charge is 0.481 e. The molecule has 0 saturated carbocycles. The molecule has 2 saturated heterocycles. The van der Waals surface area contributed by atoms with Crippen molar-refractivity contribution < 1.29 is 29.0 Å². The number of carboxylic acid groups (broad SMARTS) is 1. The van der Waals surface area contributed by atoms with Gasteiger partial charge in [-0.15, -0.1) is 0 Å². The summed E-state index contributed by atoms with van der Waals surface area (Å²) in [6, 6.07) is 10.0. The maximum atomic E-state index is 13.8. The Bertz CT molecular complexity index is 1370. The van der Waals surface area contributed by atoms with E-state index in [4.69, 9.17) is 9.72 Å². The van der Waals surface area contributed by atoms with Crippen molar-refractivity contribution in [2.45, 2.75) is 71.8 Å². The molecule has 2 aromatic rings. The number of amides is 3. The molecule has 1 aromatic carbocycles. The third-order valence-electron chi connectivity index (χ3n) is 9.40. The number of nitrogens with zero attached hydrogens (tertiary/aromatic N) is 6. The van der Waals surface area contributed by atoms with Crippen molar-refractivity contribution in [2.24, 2.45) is 5.92 Å². The highest BCUT2D eigenvalue weighted by atomic mass is 16.6. The number of carboxylic acids is 1. The van der Waals surface area contributed by atoms with Gasteiger partial charge in [0.05, 0.1) is 6.61 Å². The molecule has 0 aliphatic carbocycles. The lowest BCUT2D eigenvalue weighted by molar-refractivity contribution is -0.138. The second-order valence-corrected chi connectivity index (χ2v) is 12.8. The Kier molecular flexibility index (Phi) is 14.6. The van der Waals surface area contributed by atoms with Crippen LogP contribution in [0.5, 0.6) is 0 Å². The van der Waals surface area contributed by atoms with Crippen LogP contribution >= 0.6 is 0 Å². The normalized spacial score (nSPS) is 16.0. The lowest BCUT2D eigenvalue weighted by atomic mass is 9.96. The number of anilines is 1. The molecule has 13 heteroatoms. The lowest BCUT2D eigenvalue weighted by Gasteiger charge is -2.36. The van der Waals surface area contributed by atoms with Gasteiger partial charge in [0.15, 0.2) is 5.82 Å². The third kappa shape index (κ3) is 11.1. The number of piperidine rings is 1. The summed E-state index contributed by atoms with van der Waals surface area (Å²) in [5, 5.41) is 12.2. The number of carbonyl (C=O) groups excluding carboxylic acids is 3. The number of aromatic nitrogens is 2. The molecule has 0 unspecified atom stereocenters. The second kappa shape index (κ2) is 19.1. The smallest absolute Gasteiger partial charge is 0.409 e. The molecule has 2 N–H and O–H groups in total. The number of benzene rings is 1. The number of piperazine rings is 1. The van der Waals surface area contributed by atoms with Crippen LogP contribution < -0.4 is 10.2 Å². The Labute approximate surface area is 290 Å². The molecule has 0 bridgehead atoms. The first-order chi connectivity index (χ1) is 23.7. The number of hydrogen-bond acceptors (Lipinski definition) is 9. The van der Waals surface area contributed by atoms with Gasteiger partial charge in [0.25, 0.3) is 5.91 Å². The number of hydrogen-bond donors (Lipinski definition) is 2. The average Bonchev–Trinajstić information content (AvgIpc) is 3.14. The summed E-state index contributed by atoms with van der Waals surface area (Å²) >= 11 is 0. The molecular formula is C36H53N7O6. The first-order valence-corrected chi connectivity index (χ1v) is 17.9. The first-order valence-electron chi connectivity index (χ1n) is 17.9. The molecule has 3 amide bonds. The third-order valence-corrected chi connectivity index (χ3v) is 9.40. The van der Waals surface area contributed by atoms with E-state index in [1.54, 1.807) is 15.9 Å². The summed E-state index contributed by atoms with van der Waals surface area (Å²) in [5.74, 6) is -0.392. The van der Waals surface area contributed by atoms with Crippen LogP contribution in [0.1, 0.15) is 76.2 Å². The fourth-order valence-corrected chi connectivity index (χ4v) is 6.31. The van der Waals surface area contributed by atoms with Crippen LogP contribution in [0.2, 0.25) is 0 Å². The van der Waals surface area contributed by atoms with Crippen LogP contribution in [0.3, 0.4) is 0 Å². The van der Waals surface area contributed by atoms with Gasteiger partial charge in [-0.05, 0) is 44.7 Å². The van der Waals surface area contributed by atoms with E-state index in [2.05, 4.69) is 40.9 Å². The standard InChI is InChI=1S/C36H53N7O6/c1-4-7-11-24-49-36(48)43-22-20-42(21-23-43)35(47)29(14-15-32(44)45)38-34(46)30-25-31(39-33(37-30)28-12-9-8-10-13-28)41-18-16-27(17-19-41)26-40(5-2)6-3/h8-10,12-13,25,27,29H,4-7,11,14-24,26H2,1-3H3,(H,38,46)(H,44,45)/t29-/m0/s1. The number of rotatable bonds is 16. The fraction of sp³-hybridized carbons (Fsp3) is 0.611. The minimum atomic E-state index is -1.08. The summed E-state index contributed by atoms with van der Waals surface area (Å²) in [5.41, 5.74) is 0.868. The average molecular weight is 680 g/mol. The van der Waals surface area contributed by atoms with Gasteiger partial charge in [0, 0.05) is 63.9 Å². The van der Waals surface area contributed by atoms with E-state index in [-0.39, 0.29) is 31.6 Å². The lowest BCUT2D eigenvalue weighted by Crippen LogP contribution is -2.56. The predicted octanol–water partition coefficient (Wildman–Crippen LogP) is 4.14. The fourth-order valence-electron chi connectivity index (χ4n) is 6.31. The van der Waals surface area contributed by atoms with Crippen LogP contribution in [0.15, 0.2) is 36.4 Å². The van der Waals surface area contributed by atoms with Crippen molar-refractivity contribution in [3.8, 4) is 11.4 Å². The number of carbonyl (C=O) groups is 4. The van der Waals surface area contributed by atoms with E-state index in [0.29, 0.717) is 37.3 Å². The Morgan fingerprint density at radius 2 is 1.61 bits per heavy atom. The molecule has 1 atom stereocenters. The van der Waals surface area contributed by atoms with Crippen LogP contribution in [-0.4, -0.2) is 125 Å². The maximum Gasteiger partial charge on any atom is 0.409 e. The predicted molar refractivity (Wildman–Crippen MR) is 187 cm³/mol. The summed E-state index contributed by atoms with van der Waals surface area (Å²) in [4.78, 5) is 68.7. The van der Waals surface area contributed by atoms with Gasteiger partial charge in [0.1, 0.15) is 17.6 Å². The zero-order chi connectivity index (χ0) is 35.2. The highest BCUT2D eigenvalue weighted by molar-refractivity contribution is 5.97. The van der Waals surface area contributed by atoms with E-state index >= 15 is 0 Å². The molecule has 1 aromatic heterocycles. The molecule has 2 aliphatic heterocycles. The zero-order valence-electron chi connectivity index (χ0n) is 29.3. The summed E-state index contributed by atoms with van der Waals surface area (Å²) in [6.45, 7) is 12.6. The molecule has 2 aliphatic rings. The number of aliphatic carboxylic acids is 1. The Hall–Kier alpha value is -4.26. The van der Waals surface area contributed by atoms with Gasteiger partial charge < -0.3 is 34.8 Å². The van der Waals surface area contributed by atoms with Crippen molar-refractivity contribution in [1.29, 1.82) is 0 Å². The summed E-state index contributed by atoms with van der Waals surface area (Å²) in [7, 11) is 0. The van der Waals surface area contributed by atoms with E-state index in [1.807, 2.05) is 30.3 Å². The van der Waals surface area contributed by atoms with Crippen LogP contribution in [0, 0.1) is 5.92 Å². The van der Waals surface area contributed by atoms with Gasteiger partial charge in [-0.3, -0.25) is 14.4 Å². The van der Waals surface area contributed by atoms with Crippen molar-refractivity contribution in [1.82, 2.24) is 30.0 Å². The van der Waals surface area contributed by atoms with Crippen LogP contribution in [-0.2, 0) is 14.3 Å². The van der Waals surface area contributed by atoms with Gasteiger partial charge in [0.2, 0.25) is 5.91 Å². The van der Waals surface area contributed by atoms with Gasteiger partial charge in [-0.2, -0.15) is 0 Å². The molecule has 13 nitrogen and oxygen atoms in total. The monoisotopic (exact) mass is 679 g/mol. The summed E-state index contributed by atoms with van der Waals surface area (Å²) < 4.78 is 5.36.